The summed E-state index contributed by atoms with van der Waals surface area (Å²) in [6.45, 7) is 3.98. The predicted molar refractivity (Wildman–Crippen MR) is 82.0 cm³/mol. The highest BCUT2D eigenvalue weighted by molar-refractivity contribution is 7.99. The van der Waals surface area contributed by atoms with Crippen molar-refractivity contribution in [2.75, 3.05) is 54.9 Å². The van der Waals surface area contributed by atoms with E-state index in [1.807, 2.05) is 11.8 Å². The second-order valence-electron chi connectivity index (χ2n) is 6.13. The molecule has 2 fully saturated rings. The molecule has 2 saturated heterocycles. The van der Waals surface area contributed by atoms with Gasteiger partial charge in [-0.2, -0.15) is 4.98 Å². The number of aryl methyl sites for hydroxylation is 1. The molecule has 1 aromatic rings. The molecule has 0 radical (unpaired) electrons. The van der Waals surface area contributed by atoms with Crippen molar-refractivity contribution in [3.8, 4) is 0 Å². The summed E-state index contributed by atoms with van der Waals surface area (Å²) < 4.78 is 0. The Bertz CT molecular complexity index is 544. The lowest BCUT2D eigenvalue weighted by Gasteiger charge is -2.42. The zero-order chi connectivity index (χ0) is 14.4. The molecule has 0 atom stereocenters. The van der Waals surface area contributed by atoms with E-state index in [-0.39, 0.29) is 13.2 Å². The highest BCUT2D eigenvalue weighted by Crippen LogP contribution is 2.40. The van der Waals surface area contributed by atoms with E-state index in [1.165, 1.54) is 10.6 Å². The highest BCUT2D eigenvalue weighted by Gasteiger charge is 2.34. The van der Waals surface area contributed by atoms with Crippen molar-refractivity contribution in [3.63, 3.8) is 0 Å². The highest BCUT2D eigenvalue weighted by atomic mass is 32.2. The van der Waals surface area contributed by atoms with Crippen molar-refractivity contribution in [2.45, 2.75) is 11.3 Å². The van der Waals surface area contributed by atoms with Gasteiger partial charge < -0.3 is 20.0 Å². The van der Waals surface area contributed by atoms with Crippen molar-refractivity contribution in [1.82, 2.24) is 9.97 Å². The van der Waals surface area contributed by atoms with Gasteiger partial charge in [-0.05, 0) is 0 Å². The molecule has 0 aromatic carbocycles. The normalized spacial score (nSPS) is 22.2. The van der Waals surface area contributed by atoms with Crippen LogP contribution < -0.4 is 9.80 Å². The molecule has 3 aliphatic heterocycles. The molecule has 0 saturated carbocycles. The maximum absolute atomic E-state index is 9.19. The van der Waals surface area contributed by atoms with Crippen LogP contribution in [0.15, 0.2) is 4.90 Å². The van der Waals surface area contributed by atoms with E-state index in [1.54, 1.807) is 0 Å². The number of hydrogen-bond donors (Lipinski definition) is 2. The number of aliphatic hydroxyl groups excluding tert-OH is 2. The second kappa shape index (κ2) is 5.30. The van der Waals surface area contributed by atoms with Crippen molar-refractivity contribution in [1.29, 1.82) is 0 Å². The molecule has 21 heavy (non-hydrogen) atoms. The van der Waals surface area contributed by atoms with Crippen molar-refractivity contribution < 1.29 is 10.2 Å². The fraction of sp³-hybridized carbons (Fsp3) is 0.714. The van der Waals surface area contributed by atoms with E-state index in [0.717, 1.165) is 50.1 Å². The van der Waals surface area contributed by atoms with Crippen LogP contribution in [0, 0.1) is 11.8 Å². The van der Waals surface area contributed by atoms with Crippen LogP contribution in [-0.4, -0.2) is 65.3 Å². The number of rotatable bonds is 4. The molecule has 1 aromatic heterocycles. The van der Waals surface area contributed by atoms with E-state index in [2.05, 4.69) is 9.80 Å². The maximum Gasteiger partial charge on any atom is 0.227 e. The Morgan fingerprint density at radius 1 is 1.00 bits per heavy atom. The molecular formula is C14H20N4O2S. The van der Waals surface area contributed by atoms with Gasteiger partial charge >= 0.3 is 0 Å². The van der Waals surface area contributed by atoms with Crippen molar-refractivity contribution in [2.24, 2.45) is 11.8 Å². The summed E-state index contributed by atoms with van der Waals surface area (Å²) in [5.74, 6) is 3.69. The van der Waals surface area contributed by atoms with Gasteiger partial charge in [0.2, 0.25) is 5.95 Å². The van der Waals surface area contributed by atoms with Crippen LogP contribution in [0.2, 0.25) is 0 Å². The number of thioether (sulfide) groups is 1. The van der Waals surface area contributed by atoms with Gasteiger partial charge in [0.25, 0.3) is 0 Å². The van der Waals surface area contributed by atoms with Gasteiger partial charge in [-0.15, -0.1) is 11.8 Å². The van der Waals surface area contributed by atoms with Crippen LogP contribution in [0.4, 0.5) is 11.8 Å². The zero-order valence-corrected chi connectivity index (χ0v) is 12.7. The van der Waals surface area contributed by atoms with Gasteiger partial charge in [-0.1, -0.05) is 0 Å². The van der Waals surface area contributed by atoms with Crippen LogP contribution >= 0.6 is 11.8 Å². The minimum absolute atomic E-state index is 0.244. The van der Waals surface area contributed by atoms with E-state index in [4.69, 9.17) is 15.1 Å². The molecular weight excluding hydrogens is 288 g/mol. The summed E-state index contributed by atoms with van der Waals surface area (Å²) in [6.07, 6.45) is 1.01. The molecule has 4 heterocycles. The Hall–Kier alpha value is -1.05. The molecule has 4 rings (SSSR count). The van der Waals surface area contributed by atoms with Crippen molar-refractivity contribution >= 4 is 23.5 Å². The third-order valence-corrected chi connectivity index (χ3v) is 5.62. The molecule has 2 N–H and O–H groups in total. The molecule has 7 heteroatoms. The zero-order valence-electron chi connectivity index (χ0n) is 11.9. The van der Waals surface area contributed by atoms with Crippen LogP contribution in [0.25, 0.3) is 0 Å². The van der Waals surface area contributed by atoms with Crippen LogP contribution in [0.1, 0.15) is 5.69 Å². The smallest absolute Gasteiger partial charge is 0.227 e. The first kappa shape index (κ1) is 13.6. The molecule has 6 nitrogen and oxygen atoms in total. The third kappa shape index (κ3) is 2.27. The van der Waals surface area contributed by atoms with E-state index < -0.39 is 0 Å². The molecule has 0 bridgehead atoms. The fourth-order valence-electron chi connectivity index (χ4n) is 3.10. The summed E-state index contributed by atoms with van der Waals surface area (Å²) in [4.78, 5) is 15.1. The average molecular weight is 308 g/mol. The van der Waals surface area contributed by atoms with Crippen LogP contribution in [0.3, 0.4) is 0 Å². The first-order valence-electron chi connectivity index (χ1n) is 7.53. The topological polar surface area (TPSA) is 72.7 Å². The van der Waals surface area contributed by atoms with Gasteiger partial charge in [0.15, 0.2) is 0 Å². The first-order valence-corrected chi connectivity index (χ1v) is 8.52. The Balaban J connectivity index is 1.59. The van der Waals surface area contributed by atoms with Gasteiger partial charge in [0.05, 0.1) is 10.6 Å². The molecule has 114 valence electrons. The monoisotopic (exact) mass is 308 g/mol. The summed E-state index contributed by atoms with van der Waals surface area (Å²) in [5.41, 5.74) is 1.17. The number of aliphatic hydroxyl groups is 2. The standard InChI is InChI=1S/C14H20N4O2S/c19-7-9-3-17(4-9)13-12-11(1-2-21-12)15-14(16-13)18-5-10(6-18)8-20/h9-10,19-20H,1-8H2. The Morgan fingerprint density at radius 2 is 1.67 bits per heavy atom. The fourth-order valence-corrected chi connectivity index (χ4v) is 4.22. The molecule has 0 unspecified atom stereocenters. The quantitative estimate of drug-likeness (QED) is 0.810. The van der Waals surface area contributed by atoms with Gasteiger partial charge in [-0.25, -0.2) is 4.98 Å². The van der Waals surface area contributed by atoms with Gasteiger partial charge in [-0.3, -0.25) is 0 Å². The minimum atomic E-state index is 0.244. The maximum atomic E-state index is 9.19. The lowest BCUT2D eigenvalue weighted by Crippen LogP contribution is -2.51. The number of hydrogen-bond acceptors (Lipinski definition) is 7. The number of fused-ring (bicyclic) bond motifs is 1. The van der Waals surface area contributed by atoms with E-state index in [9.17, 15) is 5.11 Å². The Morgan fingerprint density at radius 3 is 2.33 bits per heavy atom. The van der Waals surface area contributed by atoms with Gasteiger partial charge in [0, 0.05) is 63.4 Å². The number of anilines is 2. The summed E-state index contributed by atoms with van der Waals surface area (Å²) in [5, 5.41) is 18.3. The van der Waals surface area contributed by atoms with E-state index >= 15 is 0 Å². The summed E-state index contributed by atoms with van der Waals surface area (Å²) >= 11 is 1.84. The molecule has 0 amide bonds. The summed E-state index contributed by atoms with van der Waals surface area (Å²) in [7, 11) is 0. The third-order valence-electron chi connectivity index (χ3n) is 4.50. The largest absolute Gasteiger partial charge is 0.396 e. The lowest BCUT2D eigenvalue weighted by molar-refractivity contribution is 0.198. The SMILES string of the molecule is OCC1CN(c2nc3c(c(N4CC(CO)C4)n2)SCC3)C1. The van der Waals surface area contributed by atoms with Crippen LogP contribution in [-0.2, 0) is 6.42 Å². The lowest BCUT2D eigenvalue weighted by atomic mass is 10.0. The van der Waals surface area contributed by atoms with Gasteiger partial charge in [0.1, 0.15) is 5.82 Å². The average Bonchev–Trinajstić information content (AvgIpc) is 2.84. The number of aromatic nitrogens is 2. The Labute approximate surface area is 128 Å². The Kier molecular flexibility index (Phi) is 3.43. The summed E-state index contributed by atoms with van der Waals surface area (Å²) in [6, 6.07) is 0. The minimum Gasteiger partial charge on any atom is -0.396 e. The number of nitrogens with zero attached hydrogens (tertiary/aromatic N) is 4. The molecule has 0 aliphatic carbocycles. The molecule has 0 spiro atoms. The van der Waals surface area contributed by atoms with Crippen LogP contribution in [0.5, 0.6) is 0 Å². The predicted octanol–water partition coefficient (Wildman–Crippen LogP) is -0.0182. The van der Waals surface area contributed by atoms with E-state index in [0.29, 0.717) is 11.8 Å². The first-order chi connectivity index (χ1) is 10.3. The van der Waals surface area contributed by atoms with Crippen molar-refractivity contribution in [3.05, 3.63) is 5.69 Å². The molecule has 3 aliphatic rings. The second-order valence-corrected chi connectivity index (χ2v) is 7.23.